The molecule has 0 aliphatic carbocycles. The molecule has 24 heavy (non-hydrogen) atoms. The van der Waals surface area contributed by atoms with E-state index in [-0.39, 0.29) is 0 Å². The van der Waals surface area contributed by atoms with Crippen molar-refractivity contribution in [2.24, 2.45) is 0 Å². The Balaban J connectivity index is 3.11. The second-order valence-electron chi connectivity index (χ2n) is 6.58. The number of hydrogen-bond donors (Lipinski definition) is 2. The van der Waals surface area contributed by atoms with Crippen LogP contribution < -0.4 is 0 Å². The zero-order chi connectivity index (χ0) is 17.9. The van der Waals surface area contributed by atoms with Crippen molar-refractivity contribution >= 4 is 11.9 Å². The van der Waals surface area contributed by atoms with Crippen LogP contribution in [0.25, 0.3) is 0 Å². The summed E-state index contributed by atoms with van der Waals surface area (Å²) >= 11 is 0. The van der Waals surface area contributed by atoms with Crippen LogP contribution in [0.5, 0.6) is 0 Å². The van der Waals surface area contributed by atoms with Crippen LogP contribution in [0.2, 0.25) is 0 Å². The minimum absolute atomic E-state index is 0.311. The molecule has 0 radical (unpaired) electrons. The fourth-order valence-corrected chi connectivity index (χ4v) is 2.73. The Labute approximate surface area is 147 Å². The molecule has 0 saturated heterocycles. The molecule has 0 aromatic carbocycles. The standard InChI is InChI=1S/C20H36O4/c21-19(22)17-15-13-11-9-7-5-3-1-2-4-6-8-10-12-14-16-18-20(23)24/h1-2H,3-18H2,(H,21,22)(H,23,24)/b2-1-. The van der Waals surface area contributed by atoms with Crippen LogP contribution in [-0.4, -0.2) is 22.2 Å². The molecule has 0 amide bonds. The Morgan fingerprint density at radius 3 is 1.12 bits per heavy atom. The van der Waals surface area contributed by atoms with E-state index in [0.29, 0.717) is 12.8 Å². The average molecular weight is 341 g/mol. The van der Waals surface area contributed by atoms with Crippen molar-refractivity contribution in [3.63, 3.8) is 0 Å². The quantitative estimate of drug-likeness (QED) is 0.239. The third-order valence-electron chi connectivity index (χ3n) is 4.19. The second-order valence-corrected chi connectivity index (χ2v) is 6.58. The highest BCUT2D eigenvalue weighted by Crippen LogP contribution is 2.11. The normalized spacial score (nSPS) is 11.2. The first kappa shape index (κ1) is 22.7. The first-order valence-electron chi connectivity index (χ1n) is 9.71. The zero-order valence-electron chi connectivity index (χ0n) is 15.2. The molecule has 0 aliphatic heterocycles. The van der Waals surface area contributed by atoms with Gasteiger partial charge in [-0.25, -0.2) is 0 Å². The maximum Gasteiger partial charge on any atom is 0.303 e. The van der Waals surface area contributed by atoms with Crippen molar-refractivity contribution < 1.29 is 19.8 Å². The largest absolute Gasteiger partial charge is 0.481 e. The monoisotopic (exact) mass is 340 g/mol. The molecule has 0 aromatic rings. The third-order valence-corrected chi connectivity index (χ3v) is 4.19. The number of rotatable bonds is 18. The summed E-state index contributed by atoms with van der Waals surface area (Å²) < 4.78 is 0. The van der Waals surface area contributed by atoms with Gasteiger partial charge in [-0.05, 0) is 38.5 Å². The van der Waals surface area contributed by atoms with Crippen molar-refractivity contribution in [1.82, 2.24) is 0 Å². The molecule has 2 N–H and O–H groups in total. The van der Waals surface area contributed by atoms with Gasteiger partial charge in [-0.2, -0.15) is 0 Å². The van der Waals surface area contributed by atoms with Gasteiger partial charge in [0.1, 0.15) is 0 Å². The van der Waals surface area contributed by atoms with Gasteiger partial charge >= 0.3 is 11.9 Å². The Kier molecular flexibility index (Phi) is 17.0. The maximum atomic E-state index is 10.4. The number of allylic oxidation sites excluding steroid dienone is 2. The molecule has 0 aromatic heterocycles. The van der Waals surface area contributed by atoms with E-state index in [1.807, 2.05) is 0 Å². The van der Waals surface area contributed by atoms with Crippen molar-refractivity contribution in [2.45, 2.75) is 103 Å². The lowest BCUT2D eigenvalue weighted by Crippen LogP contribution is -1.93. The first-order chi connectivity index (χ1) is 11.6. The first-order valence-corrected chi connectivity index (χ1v) is 9.71. The lowest BCUT2D eigenvalue weighted by Gasteiger charge is -2.00. The molecule has 140 valence electrons. The van der Waals surface area contributed by atoms with Crippen LogP contribution in [0.4, 0.5) is 0 Å². The number of hydrogen-bond acceptors (Lipinski definition) is 2. The molecule has 4 heteroatoms. The minimum atomic E-state index is -0.682. The van der Waals surface area contributed by atoms with Gasteiger partial charge in [0.25, 0.3) is 0 Å². The summed E-state index contributed by atoms with van der Waals surface area (Å²) in [6.45, 7) is 0. The van der Waals surface area contributed by atoms with Gasteiger partial charge in [-0.15, -0.1) is 0 Å². The predicted molar refractivity (Wildman–Crippen MR) is 98.3 cm³/mol. The highest BCUT2D eigenvalue weighted by Gasteiger charge is 1.97. The van der Waals surface area contributed by atoms with E-state index < -0.39 is 11.9 Å². The van der Waals surface area contributed by atoms with Gasteiger partial charge in [0.2, 0.25) is 0 Å². The van der Waals surface area contributed by atoms with E-state index in [9.17, 15) is 9.59 Å². The van der Waals surface area contributed by atoms with Crippen molar-refractivity contribution in [3.05, 3.63) is 12.2 Å². The van der Waals surface area contributed by atoms with Gasteiger partial charge in [-0.3, -0.25) is 9.59 Å². The molecule has 0 spiro atoms. The van der Waals surface area contributed by atoms with Crippen molar-refractivity contribution in [3.8, 4) is 0 Å². The molecule has 0 rings (SSSR count). The van der Waals surface area contributed by atoms with E-state index >= 15 is 0 Å². The fraction of sp³-hybridized carbons (Fsp3) is 0.800. The second kappa shape index (κ2) is 18.0. The number of carbonyl (C=O) groups is 2. The summed E-state index contributed by atoms with van der Waals surface area (Å²) in [4.78, 5) is 20.7. The molecule has 0 heterocycles. The predicted octanol–water partition coefficient (Wildman–Crippen LogP) is 5.95. The smallest absolute Gasteiger partial charge is 0.303 e. The highest BCUT2D eigenvalue weighted by molar-refractivity contribution is 5.66. The molecule has 0 fully saturated rings. The molecular weight excluding hydrogens is 304 g/mol. The zero-order valence-corrected chi connectivity index (χ0v) is 15.2. The van der Waals surface area contributed by atoms with E-state index in [1.54, 1.807) is 0 Å². The van der Waals surface area contributed by atoms with Crippen LogP contribution in [0.15, 0.2) is 12.2 Å². The van der Waals surface area contributed by atoms with E-state index in [0.717, 1.165) is 51.4 Å². The SMILES string of the molecule is O=C(O)CCCCCCCC/C=C\CCCCCCCCC(=O)O. The van der Waals surface area contributed by atoms with E-state index in [1.165, 1.54) is 38.5 Å². The van der Waals surface area contributed by atoms with Crippen LogP contribution >= 0.6 is 0 Å². The molecule has 0 atom stereocenters. The number of carboxylic acids is 2. The van der Waals surface area contributed by atoms with Gasteiger partial charge in [0.15, 0.2) is 0 Å². The Bertz CT molecular complexity index is 305. The minimum Gasteiger partial charge on any atom is -0.481 e. The Hall–Kier alpha value is -1.32. The Morgan fingerprint density at radius 1 is 0.500 bits per heavy atom. The molecule has 0 saturated carbocycles. The molecule has 0 unspecified atom stereocenters. The third kappa shape index (κ3) is 20.7. The van der Waals surface area contributed by atoms with Crippen LogP contribution in [-0.2, 0) is 9.59 Å². The van der Waals surface area contributed by atoms with E-state index in [4.69, 9.17) is 10.2 Å². The molecule has 4 nitrogen and oxygen atoms in total. The summed E-state index contributed by atoms with van der Waals surface area (Å²) in [5.74, 6) is -1.36. The van der Waals surface area contributed by atoms with Crippen molar-refractivity contribution in [2.75, 3.05) is 0 Å². The highest BCUT2D eigenvalue weighted by atomic mass is 16.4. The maximum absolute atomic E-state index is 10.4. The van der Waals surface area contributed by atoms with Gasteiger partial charge in [-0.1, -0.05) is 63.5 Å². The lowest BCUT2D eigenvalue weighted by molar-refractivity contribution is -0.138. The summed E-state index contributed by atoms with van der Waals surface area (Å²) in [5, 5.41) is 17.1. The lowest BCUT2D eigenvalue weighted by atomic mass is 10.1. The molecular formula is C20H36O4. The van der Waals surface area contributed by atoms with Gasteiger partial charge in [0, 0.05) is 12.8 Å². The van der Waals surface area contributed by atoms with Gasteiger partial charge < -0.3 is 10.2 Å². The van der Waals surface area contributed by atoms with E-state index in [2.05, 4.69) is 12.2 Å². The fourth-order valence-electron chi connectivity index (χ4n) is 2.73. The summed E-state index contributed by atoms with van der Waals surface area (Å²) in [7, 11) is 0. The summed E-state index contributed by atoms with van der Waals surface area (Å²) in [6.07, 6.45) is 20.9. The topological polar surface area (TPSA) is 74.6 Å². The van der Waals surface area contributed by atoms with Crippen LogP contribution in [0, 0.1) is 0 Å². The van der Waals surface area contributed by atoms with Crippen molar-refractivity contribution in [1.29, 1.82) is 0 Å². The molecule has 0 aliphatic rings. The van der Waals surface area contributed by atoms with Crippen LogP contribution in [0.3, 0.4) is 0 Å². The number of carboxylic acid groups (broad SMARTS) is 2. The Morgan fingerprint density at radius 2 is 0.792 bits per heavy atom. The summed E-state index contributed by atoms with van der Waals surface area (Å²) in [6, 6.07) is 0. The average Bonchev–Trinajstić information content (AvgIpc) is 2.53. The summed E-state index contributed by atoms with van der Waals surface area (Å²) in [5.41, 5.74) is 0. The number of aliphatic carboxylic acids is 2. The molecule has 0 bridgehead atoms. The van der Waals surface area contributed by atoms with Crippen LogP contribution in [0.1, 0.15) is 103 Å². The number of unbranched alkanes of at least 4 members (excludes halogenated alkanes) is 12. The van der Waals surface area contributed by atoms with Gasteiger partial charge in [0.05, 0.1) is 0 Å².